The highest BCUT2D eigenvalue weighted by Gasteiger charge is 1.85. The number of aldehydes is 1. The molecule has 0 aliphatic carbocycles. The van der Waals surface area contributed by atoms with Gasteiger partial charge in [0.15, 0.2) is 0 Å². The van der Waals surface area contributed by atoms with Gasteiger partial charge in [0.1, 0.15) is 6.29 Å². The highest BCUT2D eigenvalue weighted by molar-refractivity contribution is 5.48. The largest absolute Gasteiger partial charge is 0.303 e. The third kappa shape index (κ3) is 9.41. The van der Waals surface area contributed by atoms with Gasteiger partial charge in [0.25, 0.3) is 0 Å². The van der Waals surface area contributed by atoms with Crippen molar-refractivity contribution in [2.75, 3.05) is 0 Å². The van der Waals surface area contributed by atoms with Gasteiger partial charge in [-0.2, -0.15) is 0 Å². The van der Waals surface area contributed by atoms with Gasteiger partial charge in [-0.1, -0.05) is 31.9 Å². The molecule has 1 heteroatoms. The van der Waals surface area contributed by atoms with E-state index in [4.69, 9.17) is 0 Å². The summed E-state index contributed by atoms with van der Waals surface area (Å²) in [5.41, 5.74) is 0. The molecule has 0 spiro atoms. The number of carbonyl (C=O) groups is 1. The minimum atomic E-state index is 0.735. The van der Waals surface area contributed by atoms with Crippen molar-refractivity contribution in [2.45, 2.75) is 51.9 Å². The molecule has 12 heavy (non-hydrogen) atoms. The Morgan fingerprint density at radius 3 is 2.25 bits per heavy atom. The average Bonchev–Trinajstić information content (AvgIpc) is 2.10. The molecule has 0 aromatic rings. The van der Waals surface area contributed by atoms with Gasteiger partial charge in [-0.25, -0.2) is 0 Å². The van der Waals surface area contributed by atoms with E-state index in [0.717, 1.165) is 19.1 Å². The molecule has 70 valence electrons. The first-order valence-electron chi connectivity index (χ1n) is 5.00. The lowest BCUT2D eigenvalue weighted by molar-refractivity contribution is -0.107. The fourth-order valence-electron chi connectivity index (χ4n) is 1.07. The van der Waals surface area contributed by atoms with Crippen LogP contribution in [0.25, 0.3) is 0 Å². The first-order valence-corrected chi connectivity index (χ1v) is 5.00. The third-order valence-electron chi connectivity index (χ3n) is 1.81. The Morgan fingerprint density at radius 2 is 1.58 bits per heavy atom. The van der Waals surface area contributed by atoms with E-state index in [2.05, 4.69) is 19.1 Å². The maximum Gasteiger partial charge on any atom is 0.119 e. The number of allylic oxidation sites excluding steroid dienone is 2. The number of hydrogen-bond acceptors (Lipinski definition) is 1. The van der Waals surface area contributed by atoms with Crippen LogP contribution < -0.4 is 0 Å². The maximum absolute atomic E-state index is 9.96. The molecule has 0 N–H and O–H groups in total. The van der Waals surface area contributed by atoms with Gasteiger partial charge in [-0.15, -0.1) is 0 Å². The van der Waals surface area contributed by atoms with E-state index in [1.165, 1.54) is 32.1 Å². The van der Waals surface area contributed by atoms with Crippen molar-refractivity contribution in [1.29, 1.82) is 0 Å². The third-order valence-corrected chi connectivity index (χ3v) is 1.81. The van der Waals surface area contributed by atoms with Gasteiger partial charge < -0.3 is 4.79 Å². The maximum atomic E-state index is 9.96. The topological polar surface area (TPSA) is 17.1 Å². The summed E-state index contributed by atoms with van der Waals surface area (Å²) in [4.78, 5) is 9.96. The van der Waals surface area contributed by atoms with E-state index in [1.54, 1.807) is 0 Å². The molecule has 0 saturated carbocycles. The summed E-state index contributed by atoms with van der Waals surface area (Å²) in [7, 11) is 0. The van der Waals surface area contributed by atoms with Gasteiger partial charge in [0, 0.05) is 6.42 Å². The molecule has 0 bridgehead atoms. The summed E-state index contributed by atoms with van der Waals surface area (Å²) in [6.45, 7) is 2.19. The molecule has 0 unspecified atom stereocenters. The van der Waals surface area contributed by atoms with Gasteiger partial charge in [-0.05, 0) is 25.7 Å². The summed E-state index contributed by atoms with van der Waals surface area (Å²) < 4.78 is 0. The smallest absolute Gasteiger partial charge is 0.119 e. The molecule has 0 fully saturated rings. The normalized spacial score (nSPS) is 10.8. The van der Waals surface area contributed by atoms with Crippen molar-refractivity contribution in [3.63, 3.8) is 0 Å². The lowest BCUT2D eigenvalue weighted by atomic mass is 10.1. The molecule has 0 saturated heterocycles. The minimum absolute atomic E-state index is 0.735. The highest BCUT2D eigenvalue weighted by atomic mass is 16.1. The number of hydrogen-bond donors (Lipinski definition) is 0. The lowest BCUT2D eigenvalue weighted by Gasteiger charge is -1.93. The van der Waals surface area contributed by atoms with Crippen LogP contribution in [0.1, 0.15) is 51.9 Å². The molecule has 0 aliphatic heterocycles. The summed E-state index contributed by atoms with van der Waals surface area (Å²) in [6.07, 6.45) is 13.3. The first kappa shape index (κ1) is 11.4. The predicted molar refractivity (Wildman–Crippen MR) is 53.2 cm³/mol. The van der Waals surface area contributed by atoms with Crippen molar-refractivity contribution in [1.82, 2.24) is 0 Å². The molecule has 0 amide bonds. The van der Waals surface area contributed by atoms with Crippen molar-refractivity contribution >= 4 is 6.29 Å². The monoisotopic (exact) mass is 168 g/mol. The molecule has 1 nitrogen and oxygen atoms in total. The van der Waals surface area contributed by atoms with Crippen LogP contribution in [0.3, 0.4) is 0 Å². The molecule has 0 aromatic carbocycles. The molecule has 0 rings (SSSR count). The molecule has 0 aliphatic rings. The molecule has 0 atom stereocenters. The van der Waals surface area contributed by atoms with Gasteiger partial charge >= 0.3 is 0 Å². The van der Waals surface area contributed by atoms with Crippen LogP contribution in [0.5, 0.6) is 0 Å². The van der Waals surface area contributed by atoms with Crippen LogP contribution >= 0.6 is 0 Å². The van der Waals surface area contributed by atoms with Crippen molar-refractivity contribution in [3.05, 3.63) is 12.2 Å². The zero-order valence-corrected chi connectivity index (χ0v) is 8.09. The van der Waals surface area contributed by atoms with E-state index >= 15 is 0 Å². The second-order valence-electron chi connectivity index (χ2n) is 3.06. The van der Waals surface area contributed by atoms with Crippen LogP contribution in [0.15, 0.2) is 12.2 Å². The van der Waals surface area contributed by atoms with Crippen molar-refractivity contribution < 1.29 is 4.79 Å². The second kappa shape index (κ2) is 10.4. The van der Waals surface area contributed by atoms with Crippen LogP contribution in [0.2, 0.25) is 0 Å². The summed E-state index contributed by atoms with van der Waals surface area (Å²) >= 11 is 0. The highest BCUT2D eigenvalue weighted by Crippen LogP contribution is 2.02. The summed E-state index contributed by atoms with van der Waals surface area (Å²) in [5.74, 6) is 0. The van der Waals surface area contributed by atoms with Crippen LogP contribution in [-0.2, 0) is 4.79 Å². The predicted octanol–water partition coefficient (Wildman–Crippen LogP) is 3.49. The molecule has 0 radical (unpaired) electrons. The molecular weight excluding hydrogens is 148 g/mol. The Hall–Kier alpha value is -0.590. The van der Waals surface area contributed by atoms with Gasteiger partial charge in [0.2, 0.25) is 0 Å². The standard InChI is InChI=1S/C11H20O/c1-2-3-4-5-6-7-8-9-10-11-12/h4-5,11H,2-3,6-10H2,1H3/b5-4+. The van der Waals surface area contributed by atoms with E-state index in [1.807, 2.05) is 0 Å². The van der Waals surface area contributed by atoms with Crippen LogP contribution in [-0.4, -0.2) is 6.29 Å². The molecule has 0 heterocycles. The Balaban J connectivity index is 2.94. The number of rotatable bonds is 8. The zero-order chi connectivity index (χ0) is 9.07. The number of unbranched alkanes of at least 4 members (excludes halogenated alkanes) is 5. The quantitative estimate of drug-likeness (QED) is 0.308. The van der Waals surface area contributed by atoms with Crippen molar-refractivity contribution in [2.24, 2.45) is 0 Å². The summed E-state index contributed by atoms with van der Waals surface area (Å²) in [6, 6.07) is 0. The van der Waals surface area contributed by atoms with E-state index in [0.29, 0.717) is 0 Å². The van der Waals surface area contributed by atoms with Gasteiger partial charge in [0.05, 0.1) is 0 Å². The van der Waals surface area contributed by atoms with E-state index < -0.39 is 0 Å². The Bertz CT molecular complexity index is 116. The first-order chi connectivity index (χ1) is 5.91. The van der Waals surface area contributed by atoms with Gasteiger partial charge in [-0.3, -0.25) is 0 Å². The van der Waals surface area contributed by atoms with E-state index in [9.17, 15) is 4.79 Å². The SMILES string of the molecule is CCC/C=C/CCCCCC=O. The summed E-state index contributed by atoms with van der Waals surface area (Å²) in [5, 5.41) is 0. The van der Waals surface area contributed by atoms with E-state index in [-0.39, 0.29) is 0 Å². The van der Waals surface area contributed by atoms with Crippen molar-refractivity contribution in [3.8, 4) is 0 Å². The van der Waals surface area contributed by atoms with Crippen LogP contribution in [0, 0.1) is 0 Å². The number of carbonyl (C=O) groups excluding carboxylic acids is 1. The Morgan fingerprint density at radius 1 is 0.917 bits per heavy atom. The second-order valence-corrected chi connectivity index (χ2v) is 3.06. The fraction of sp³-hybridized carbons (Fsp3) is 0.727. The Kier molecular flexibility index (Phi) is 9.90. The Labute approximate surface area is 75.9 Å². The fourth-order valence-corrected chi connectivity index (χ4v) is 1.07. The minimum Gasteiger partial charge on any atom is -0.303 e. The molecular formula is C11H20O. The average molecular weight is 168 g/mol. The zero-order valence-electron chi connectivity index (χ0n) is 8.09. The molecule has 0 aromatic heterocycles. The lowest BCUT2D eigenvalue weighted by Crippen LogP contribution is -1.77. The van der Waals surface area contributed by atoms with Crippen LogP contribution in [0.4, 0.5) is 0 Å².